The predicted octanol–water partition coefficient (Wildman–Crippen LogP) is 3.85. The molecule has 0 fully saturated rings. The van der Waals surface area contributed by atoms with Crippen LogP contribution in [0.3, 0.4) is 0 Å². The molecule has 0 spiro atoms. The van der Waals surface area contributed by atoms with Crippen LogP contribution in [0.15, 0.2) is 48.5 Å². The number of aromatic nitrogens is 2. The van der Waals surface area contributed by atoms with Crippen LogP contribution in [0, 0.1) is 0 Å². The second kappa shape index (κ2) is 9.02. The second-order valence-electron chi connectivity index (χ2n) is 7.06. The van der Waals surface area contributed by atoms with E-state index in [-0.39, 0.29) is 6.04 Å². The van der Waals surface area contributed by atoms with E-state index < -0.39 is 0 Å². The van der Waals surface area contributed by atoms with E-state index >= 15 is 0 Å². The number of hydrogen-bond acceptors (Lipinski definition) is 4. The molecule has 1 atom stereocenters. The van der Waals surface area contributed by atoms with Crippen molar-refractivity contribution in [3.05, 3.63) is 59.9 Å². The SMILES string of the molecule is CCCn1c(CNCC(c2cccc(OC)c2)N(C)C)nc2ccccc21. The zero-order chi connectivity index (χ0) is 19.2. The normalized spacial score (nSPS) is 12.6. The largest absolute Gasteiger partial charge is 0.497 e. The highest BCUT2D eigenvalue weighted by atomic mass is 16.5. The van der Waals surface area contributed by atoms with E-state index in [4.69, 9.17) is 9.72 Å². The van der Waals surface area contributed by atoms with Gasteiger partial charge in [0.25, 0.3) is 0 Å². The number of nitrogens with zero attached hydrogens (tertiary/aromatic N) is 3. The molecule has 3 aromatic rings. The lowest BCUT2D eigenvalue weighted by molar-refractivity contribution is 0.286. The van der Waals surface area contributed by atoms with E-state index in [1.807, 2.05) is 18.2 Å². The Morgan fingerprint density at radius 1 is 1.15 bits per heavy atom. The van der Waals surface area contributed by atoms with Gasteiger partial charge in [-0.2, -0.15) is 0 Å². The fourth-order valence-electron chi connectivity index (χ4n) is 3.50. The number of aryl methyl sites for hydroxylation is 1. The van der Waals surface area contributed by atoms with E-state index in [1.165, 1.54) is 11.1 Å². The molecule has 0 radical (unpaired) electrons. The van der Waals surface area contributed by atoms with E-state index in [0.717, 1.165) is 43.1 Å². The van der Waals surface area contributed by atoms with Gasteiger partial charge < -0.3 is 19.5 Å². The van der Waals surface area contributed by atoms with Crippen molar-refractivity contribution in [1.29, 1.82) is 0 Å². The molecule has 0 saturated heterocycles. The van der Waals surface area contributed by atoms with Crippen molar-refractivity contribution in [3.63, 3.8) is 0 Å². The highest BCUT2D eigenvalue weighted by molar-refractivity contribution is 5.75. The molecule has 0 saturated carbocycles. The minimum atomic E-state index is 0.268. The van der Waals surface area contributed by atoms with Crippen LogP contribution in [0.5, 0.6) is 5.75 Å². The fourth-order valence-corrected chi connectivity index (χ4v) is 3.50. The maximum absolute atomic E-state index is 5.38. The van der Waals surface area contributed by atoms with Crippen molar-refractivity contribution in [2.75, 3.05) is 27.7 Å². The molecule has 1 unspecified atom stereocenters. The summed E-state index contributed by atoms with van der Waals surface area (Å²) in [6.45, 7) is 4.79. The zero-order valence-electron chi connectivity index (χ0n) is 16.8. The molecule has 1 heterocycles. The Bertz CT molecular complexity index is 872. The van der Waals surface area contributed by atoms with Crippen molar-refractivity contribution in [2.24, 2.45) is 0 Å². The molecule has 0 aliphatic rings. The van der Waals surface area contributed by atoms with E-state index in [2.05, 4.69) is 66.1 Å². The van der Waals surface area contributed by atoms with E-state index in [0.29, 0.717) is 0 Å². The number of imidazole rings is 1. The van der Waals surface area contributed by atoms with Gasteiger partial charge in [0.2, 0.25) is 0 Å². The van der Waals surface area contributed by atoms with Gasteiger partial charge in [-0.15, -0.1) is 0 Å². The number of methoxy groups -OCH3 is 1. The van der Waals surface area contributed by atoms with Crippen LogP contribution >= 0.6 is 0 Å². The number of ether oxygens (including phenoxy) is 1. The molecule has 3 rings (SSSR count). The maximum atomic E-state index is 5.38. The Labute approximate surface area is 162 Å². The van der Waals surface area contributed by atoms with Crippen molar-refractivity contribution in [3.8, 4) is 5.75 Å². The van der Waals surface area contributed by atoms with Gasteiger partial charge in [0.15, 0.2) is 0 Å². The molecule has 0 aliphatic carbocycles. The molecule has 0 aliphatic heterocycles. The summed E-state index contributed by atoms with van der Waals surface area (Å²) in [5, 5.41) is 3.61. The lowest BCUT2D eigenvalue weighted by atomic mass is 10.1. The lowest BCUT2D eigenvalue weighted by Gasteiger charge is -2.25. The minimum Gasteiger partial charge on any atom is -0.497 e. The van der Waals surface area contributed by atoms with Gasteiger partial charge in [-0.3, -0.25) is 0 Å². The summed E-state index contributed by atoms with van der Waals surface area (Å²) in [4.78, 5) is 7.07. The molecular formula is C22H30N4O. The Hall–Kier alpha value is -2.37. The Kier molecular flexibility index (Phi) is 6.48. The number of rotatable bonds is 9. The lowest BCUT2D eigenvalue weighted by Crippen LogP contribution is -2.31. The van der Waals surface area contributed by atoms with Crippen LogP contribution in [-0.2, 0) is 13.1 Å². The zero-order valence-corrected chi connectivity index (χ0v) is 16.8. The third kappa shape index (κ3) is 4.49. The first kappa shape index (κ1) is 19.4. The van der Waals surface area contributed by atoms with Crippen molar-refractivity contribution in [1.82, 2.24) is 19.8 Å². The van der Waals surface area contributed by atoms with Gasteiger partial charge in [-0.1, -0.05) is 31.2 Å². The maximum Gasteiger partial charge on any atom is 0.123 e. The highest BCUT2D eigenvalue weighted by Crippen LogP contribution is 2.22. The van der Waals surface area contributed by atoms with Crippen molar-refractivity contribution >= 4 is 11.0 Å². The summed E-state index contributed by atoms with van der Waals surface area (Å²) in [5.41, 5.74) is 3.53. The van der Waals surface area contributed by atoms with Crippen LogP contribution in [0.25, 0.3) is 11.0 Å². The quantitative estimate of drug-likeness (QED) is 0.625. The molecular weight excluding hydrogens is 336 g/mol. The van der Waals surface area contributed by atoms with E-state index in [9.17, 15) is 0 Å². The van der Waals surface area contributed by atoms with Gasteiger partial charge in [-0.05, 0) is 50.3 Å². The monoisotopic (exact) mass is 366 g/mol. The number of hydrogen-bond donors (Lipinski definition) is 1. The molecule has 0 amide bonds. The number of benzene rings is 2. The molecule has 5 heteroatoms. The summed E-state index contributed by atoms with van der Waals surface area (Å²) in [6, 6.07) is 16.9. The molecule has 2 aromatic carbocycles. The Balaban J connectivity index is 1.73. The number of para-hydroxylation sites is 2. The minimum absolute atomic E-state index is 0.268. The molecule has 144 valence electrons. The van der Waals surface area contributed by atoms with Crippen LogP contribution in [-0.4, -0.2) is 42.2 Å². The summed E-state index contributed by atoms with van der Waals surface area (Å²) in [6.07, 6.45) is 1.09. The Morgan fingerprint density at radius 3 is 2.70 bits per heavy atom. The molecule has 0 bridgehead atoms. The van der Waals surface area contributed by atoms with Crippen molar-refractivity contribution in [2.45, 2.75) is 32.5 Å². The summed E-state index contributed by atoms with van der Waals surface area (Å²) >= 11 is 0. The smallest absolute Gasteiger partial charge is 0.123 e. The summed E-state index contributed by atoms with van der Waals surface area (Å²) in [7, 11) is 5.93. The van der Waals surface area contributed by atoms with Gasteiger partial charge in [0.1, 0.15) is 11.6 Å². The summed E-state index contributed by atoms with van der Waals surface area (Å²) in [5.74, 6) is 1.99. The number of fused-ring (bicyclic) bond motifs is 1. The van der Waals surface area contributed by atoms with Crippen molar-refractivity contribution < 1.29 is 4.74 Å². The molecule has 5 nitrogen and oxygen atoms in total. The molecule has 1 N–H and O–H groups in total. The molecule has 1 aromatic heterocycles. The standard InChI is InChI=1S/C22H30N4O/c1-5-13-26-20-12-7-6-11-19(20)24-22(26)16-23-15-21(25(2)3)17-9-8-10-18(14-17)27-4/h6-12,14,21,23H,5,13,15-16H2,1-4H3. The van der Waals surface area contributed by atoms with Crippen LogP contribution < -0.4 is 10.1 Å². The highest BCUT2D eigenvalue weighted by Gasteiger charge is 2.16. The van der Waals surface area contributed by atoms with Crippen LogP contribution in [0.1, 0.15) is 30.8 Å². The third-order valence-corrected chi connectivity index (χ3v) is 4.90. The van der Waals surface area contributed by atoms with Crippen LogP contribution in [0.2, 0.25) is 0 Å². The van der Waals surface area contributed by atoms with Gasteiger partial charge in [0.05, 0.1) is 24.7 Å². The fraction of sp³-hybridized carbons (Fsp3) is 0.409. The van der Waals surface area contributed by atoms with Gasteiger partial charge in [-0.25, -0.2) is 4.98 Å². The number of likely N-dealkylation sites (N-methyl/N-ethyl adjacent to an activating group) is 1. The second-order valence-corrected chi connectivity index (χ2v) is 7.06. The number of nitrogens with one attached hydrogen (secondary N) is 1. The average Bonchev–Trinajstić information content (AvgIpc) is 3.03. The third-order valence-electron chi connectivity index (χ3n) is 4.90. The van der Waals surface area contributed by atoms with Gasteiger partial charge in [0, 0.05) is 19.1 Å². The van der Waals surface area contributed by atoms with Crippen LogP contribution in [0.4, 0.5) is 0 Å². The first-order valence-corrected chi connectivity index (χ1v) is 9.59. The first-order chi connectivity index (χ1) is 13.1. The topological polar surface area (TPSA) is 42.3 Å². The van der Waals surface area contributed by atoms with E-state index in [1.54, 1.807) is 7.11 Å². The van der Waals surface area contributed by atoms with Gasteiger partial charge >= 0.3 is 0 Å². The average molecular weight is 367 g/mol. The Morgan fingerprint density at radius 2 is 1.96 bits per heavy atom. The molecule has 27 heavy (non-hydrogen) atoms. The first-order valence-electron chi connectivity index (χ1n) is 9.59. The summed E-state index contributed by atoms with van der Waals surface area (Å²) < 4.78 is 7.71. The predicted molar refractivity (Wildman–Crippen MR) is 111 cm³/mol.